The van der Waals surface area contributed by atoms with Gasteiger partial charge >= 0.3 is 6.18 Å². The van der Waals surface area contributed by atoms with Crippen molar-refractivity contribution < 1.29 is 27.4 Å². The second kappa shape index (κ2) is 8.44. The molecule has 1 aliphatic rings. The number of ether oxygens (including phenoxy) is 2. The van der Waals surface area contributed by atoms with E-state index in [-0.39, 0.29) is 24.4 Å². The van der Waals surface area contributed by atoms with Crippen molar-refractivity contribution >= 4 is 17.5 Å². The quantitative estimate of drug-likeness (QED) is 0.784. The summed E-state index contributed by atoms with van der Waals surface area (Å²) in [5.41, 5.74) is 0.110. The van der Waals surface area contributed by atoms with Crippen molar-refractivity contribution in [2.24, 2.45) is 0 Å². The van der Waals surface area contributed by atoms with E-state index in [4.69, 9.17) is 21.1 Å². The minimum absolute atomic E-state index is 0.00730. The normalized spacial score (nSPS) is 12.7. The van der Waals surface area contributed by atoms with Crippen LogP contribution < -0.4 is 14.8 Å². The number of amides is 1. The van der Waals surface area contributed by atoms with E-state index in [1.807, 2.05) is 0 Å². The van der Waals surface area contributed by atoms with E-state index in [0.717, 1.165) is 12.1 Å². The first kappa shape index (κ1) is 19.9. The van der Waals surface area contributed by atoms with Crippen LogP contribution in [0, 0.1) is 11.8 Å². The third-order valence-electron chi connectivity index (χ3n) is 3.82. The molecule has 0 unspecified atom stereocenters. The van der Waals surface area contributed by atoms with Crippen LogP contribution in [0.3, 0.4) is 0 Å². The van der Waals surface area contributed by atoms with Gasteiger partial charge in [0.2, 0.25) is 5.91 Å². The zero-order valence-corrected chi connectivity index (χ0v) is 15.3. The summed E-state index contributed by atoms with van der Waals surface area (Å²) in [6.45, 7) is 0.828. The molecule has 1 heterocycles. The van der Waals surface area contributed by atoms with Crippen LogP contribution >= 0.6 is 11.6 Å². The molecule has 0 saturated heterocycles. The van der Waals surface area contributed by atoms with Gasteiger partial charge in [-0.25, -0.2) is 0 Å². The molecule has 0 aromatic heterocycles. The first-order chi connectivity index (χ1) is 13.3. The summed E-state index contributed by atoms with van der Waals surface area (Å²) in [5, 5.41) is 2.96. The van der Waals surface area contributed by atoms with Crippen LogP contribution in [0.15, 0.2) is 36.4 Å². The Kier molecular flexibility index (Phi) is 6.00. The molecule has 1 aliphatic heterocycles. The van der Waals surface area contributed by atoms with Gasteiger partial charge in [-0.15, -0.1) is 0 Å². The Hall–Kier alpha value is -2.85. The van der Waals surface area contributed by atoms with Gasteiger partial charge in [0.05, 0.1) is 23.6 Å². The molecule has 2 aromatic rings. The van der Waals surface area contributed by atoms with Gasteiger partial charge < -0.3 is 14.8 Å². The lowest BCUT2D eigenvalue weighted by molar-refractivity contribution is -0.137. The number of carbonyl (C=O) groups excluding carboxylic acids is 1. The molecule has 0 spiro atoms. The largest absolute Gasteiger partial charge is 0.486 e. The summed E-state index contributed by atoms with van der Waals surface area (Å²) >= 11 is 6.13. The van der Waals surface area contributed by atoms with Gasteiger partial charge in [0.1, 0.15) is 13.2 Å². The molecule has 1 N–H and O–H groups in total. The molecule has 3 rings (SSSR count). The van der Waals surface area contributed by atoms with Gasteiger partial charge in [-0.1, -0.05) is 29.5 Å². The Labute approximate surface area is 164 Å². The minimum Gasteiger partial charge on any atom is -0.486 e. The zero-order chi connectivity index (χ0) is 20.1. The fraction of sp³-hybridized carbons (Fsp3) is 0.250. The molecule has 0 fully saturated rings. The first-order valence-corrected chi connectivity index (χ1v) is 8.71. The van der Waals surface area contributed by atoms with Gasteiger partial charge in [-0.05, 0) is 35.9 Å². The third-order valence-corrected chi connectivity index (χ3v) is 4.10. The molecular formula is C20H15ClF3NO3. The summed E-state index contributed by atoms with van der Waals surface area (Å²) in [6, 6.07) is 8.02. The third kappa shape index (κ3) is 5.11. The topological polar surface area (TPSA) is 47.6 Å². The Morgan fingerprint density at radius 2 is 1.96 bits per heavy atom. The van der Waals surface area contributed by atoms with Crippen LogP contribution in [0.4, 0.5) is 13.2 Å². The van der Waals surface area contributed by atoms with Crippen molar-refractivity contribution in [2.45, 2.75) is 12.6 Å². The standard InChI is InChI=1S/C20H15ClF3NO3/c21-16-10-14(11-17-19(16)28-8-7-27-17)12-18(26)25-6-2-4-13-3-1-5-15(9-13)20(22,23)24/h1,3,5,9-11H,6-8,12H2,(H,25,26). The number of carbonyl (C=O) groups is 1. The highest BCUT2D eigenvalue weighted by Crippen LogP contribution is 2.38. The number of hydrogen-bond donors (Lipinski definition) is 1. The number of benzene rings is 2. The van der Waals surface area contributed by atoms with E-state index >= 15 is 0 Å². The van der Waals surface area contributed by atoms with E-state index in [9.17, 15) is 18.0 Å². The molecule has 0 bridgehead atoms. The SMILES string of the molecule is O=C(Cc1cc(Cl)c2c(c1)OCCO2)NCC#Cc1cccc(C(F)(F)F)c1. The van der Waals surface area contributed by atoms with Crippen molar-refractivity contribution in [3.8, 4) is 23.3 Å². The molecule has 1 amide bonds. The van der Waals surface area contributed by atoms with Crippen LogP contribution in [0.2, 0.25) is 5.02 Å². The predicted molar refractivity (Wildman–Crippen MR) is 97.5 cm³/mol. The van der Waals surface area contributed by atoms with E-state index in [1.165, 1.54) is 12.1 Å². The Bertz CT molecular complexity index is 948. The summed E-state index contributed by atoms with van der Waals surface area (Å²) in [5.74, 6) is 5.90. The van der Waals surface area contributed by atoms with Gasteiger partial charge in [0, 0.05) is 5.56 Å². The Morgan fingerprint density at radius 3 is 2.75 bits per heavy atom. The van der Waals surface area contributed by atoms with E-state index in [2.05, 4.69) is 17.2 Å². The Morgan fingerprint density at radius 1 is 1.18 bits per heavy atom. The van der Waals surface area contributed by atoms with Crippen molar-refractivity contribution in [2.75, 3.05) is 19.8 Å². The maximum absolute atomic E-state index is 12.7. The van der Waals surface area contributed by atoms with Crippen LogP contribution in [-0.4, -0.2) is 25.7 Å². The first-order valence-electron chi connectivity index (χ1n) is 8.34. The molecule has 0 saturated carbocycles. The summed E-state index contributed by atoms with van der Waals surface area (Å²) in [6.07, 6.45) is -4.36. The average Bonchev–Trinajstić information content (AvgIpc) is 2.65. The minimum atomic E-state index is -4.42. The van der Waals surface area contributed by atoms with Crippen molar-refractivity contribution in [1.82, 2.24) is 5.32 Å². The van der Waals surface area contributed by atoms with Gasteiger partial charge in [0.15, 0.2) is 11.5 Å². The summed E-state index contributed by atoms with van der Waals surface area (Å²) in [7, 11) is 0. The molecule has 0 atom stereocenters. The fourth-order valence-electron chi connectivity index (χ4n) is 2.58. The fourth-order valence-corrected chi connectivity index (χ4v) is 2.86. The molecule has 8 heteroatoms. The second-order valence-electron chi connectivity index (χ2n) is 5.94. The maximum atomic E-state index is 12.7. The molecule has 0 radical (unpaired) electrons. The van der Waals surface area contributed by atoms with Gasteiger partial charge in [-0.2, -0.15) is 13.2 Å². The lowest BCUT2D eigenvalue weighted by Crippen LogP contribution is -2.25. The molecule has 0 aliphatic carbocycles. The number of rotatable bonds is 3. The number of halogens is 4. The average molecular weight is 410 g/mol. The molecule has 2 aromatic carbocycles. The highest BCUT2D eigenvalue weighted by molar-refractivity contribution is 6.32. The number of alkyl halides is 3. The van der Waals surface area contributed by atoms with E-state index in [1.54, 1.807) is 12.1 Å². The number of fused-ring (bicyclic) bond motifs is 1. The van der Waals surface area contributed by atoms with Crippen molar-refractivity contribution in [3.05, 3.63) is 58.1 Å². The lowest BCUT2D eigenvalue weighted by atomic mass is 10.1. The van der Waals surface area contributed by atoms with Gasteiger partial charge in [0.25, 0.3) is 0 Å². The number of hydrogen-bond acceptors (Lipinski definition) is 3. The second-order valence-corrected chi connectivity index (χ2v) is 6.34. The number of nitrogens with one attached hydrogen (secondary N) is 1. The van der Waals surface area contributed by atoms with Crippen LogP contribution in [0.25, 0.3) is 0 Å². The Balaban J connectivity index is 1.56. The summed E-state index contributed by atoms with van der Waals surface area (Å²) in [4.78, 5) is 12.0. The highest BCUT2D eigenvalue weighted by atomic mass is 35.5. The van der Waals surface area contributed by atoms with E-state index in [0.29, 0.717) is 35.3 Å². The van der Waals surface area contributed by atoms with E-state index < -0.39 is 11.7 Å². The predicted octanol–water partition coefficient (Wildman–Crippen LogP) is 3.84. The monoisotopic (exact) mass is 409 g/mol. The van der Waals surface area contributed by atoms with Crippen LogP contribution in [0.5, 0.6) is 11.5 Å². The summed E-state index contributed by atoms with van der Waals surface area (Å²) < 4.78 is 48.9. The molecular weight excluding hydrogens is 395 g/mol. The lowest BCUT2D eigenvalue weighted by Gasteiger charge is -2.20. The maximum Gasteiger partial charge on any atom is 0.416 e. The smallest absolute Gasteiger partial charge is 0.416 e. The van der Waals surface area contributed by atoms with Crippen molar-refractivity contribution in [1.29, 1.82) is 0 Å². The van der Waals surface area contributed by atoms with Gasteiger partial charge in [-0.3, -0.25) is 4.79 Å². The molecule has 146 valence electrons. The zero-order valence-electron chi connectivity index (χ0n) is 14.5. The highest BCUT2D eigenvalue weighted by Gasteiger charge is 2.30. The van der Waals surface area contributed by atoms with Crippen molar-refractivity contribution in [3.63, 3.8) is 0 Å². The van der Waals surface area contributed by atoms with Crippen LogP contribution in [0.1, 0.15) is 16.7 Å². The van der Waals surface area contributed by atoms with Crippen LogP contribution in [-0.2, 0) is 17.4 Å². The molecule has 4 nitrogen and oxygen atoms in total. The molecule has 28 heavy (non-hydrogen) atoms.